The van der Waals surface area contributed by atoms with E-state index in [1.54, 1.807) is 19.2 Å². The number of carbonyl (C=O) groups excluding carboxylic acids is 1. The second-order valence-corrected chi connectivity index (χ2v) is 4.95. The summed E-state index contributed by atoms with van der Waals surface area (Å²) in [5.41, 5.74) is 1.49. The van der Waals surface area contributed by atoms with Crippen molar-refractivity contribution in [3.63, 3.8) is 0 Å². The van der Waals surface area contributed by atoms with E-state index in [4.69, 9.17) is 9.47 Å². The maximum absolute atomic E-state index is 11.8. The van der Waals surface area contributed by atoms with Gasteiger partial charge in [-0.3, -0.25) is 5.32 Å². The standard InChI is InChI=1S/C15H14BrNO3/c1-19-14-8-7-12(16)9-13(14)17-15(18)20-10-11-5-3-2-4-6-11/h2-9H,10H2,1H3,(H,17,18). The minimum atomic E-state index is -0.523. The first-order valence-electron chi connectivity index (χ1n) is 6.00. The molecule has 2 rings (SSSR count). The molecule has 0 spiro atoms. The summed E-state index contributed by atoms with van der Waals surface area (Å²) < 4.78 is 11.2. The maximum atomic E-state index is 11.8. The van der Waals surface area contributed by atoms with Crippen molar-refractivity contribution >= 4 is 27.7 Å². The third kappa shape index (κ3) is 3.99. The Morgan fingerprint density at radius 3 is 2.65 bits per heavy atom. The molecular formula is C15H14BrNO3. The predicted molar refractivity (Wildman–Crippen MR) is 80.9 cm³/mol. The van der Waals surface area contributed by atoms with Gasteiger partial charge in [0.1, 0.15) is 12.4 Å². The van der Waals surface area contributed by atoms with Crippen molar-refractivity contribution in [2.45, 2.75) is 6.61 Å². The minimum absolute atomic E-state index is 0.225. The van der Waals surface area contributed by atoms with Crippen LogP contribution in [-0.4, -0.2) is 13.2 Å². The van der Waals surface area contributed by atoms with E-state index in [1.807, 2.05) is 36.4 Å². The van der Waals surface area contributed by atoms with E-state index >= 15 is 0 Å². The molecular weight excluding hydrogens is 322 g/mol. The van der Waals surface area contributed by atoms with Crippen molar-refractivity contribution in [1.82, 2.24) is 0 Å². The largest absolute Gasteiger partial charge is 0.495 e. The number of halogens is 1. The highest BCUT2D eigenvalue weighted by Gasteiger charge is 2.09. The first-order valence-corrected chi connectivity index (χ1v) is 6.79. The van der Waals surface area contributed by atoms with Gasteiger partial charge >= 0.3 is 6.09 Å². The van der Waals surface area contributed by atoms with Crippen molar-refractivity contribution in [2.24, 2.45) is 0 Å². The smallest absolute Gasteiger partial charge is 0.412 e. The number of hydrogen-bond donors (Lipinski definition) is 1. The number of ether oxygens (including phenoxy) is 2. The molecule has 0 fully saturated rings. The molecule has 0 heterocycles. The summed E-state index contributed by atoms with van der Waals surface area (Å²) in [5, 5.41) is 2.66. The normalized spacial score (nSPS) is 9.90. The molecule has 2 aromatic rings. The maximum Gasteiger partial charge on any atom is 0.412 e. The Balaban J connectivity index is 1.96. The van der Waals surface area contributed by atoms with E-state index in [0.29, 0.717) is 11.4 Å². The van der Waals surface area contributed by atoms with Gasteiger partial charge in [0.15, 0.2) is 0 Å². The summed E-state index contributed by atoms with van der Waals surface area (Å²) >= 11 is 3.34. The summed E-state index contributed by atoms with van der Waals surface area (Å²) in [6, 6.07) is 14.8. The number of carbonyl (C=O) groups is 1. The van der Waals surface area contributed by atoms with Gasteiger partial charge < -0.3 is 9.47 Å². The molecule has 0 aromatic heterocycles. The Labute approximate surface area is 125 Å². The fraction of sp³-hybridized carbons (Fsp3) is 0.133. The van der Waals surface area contributed by atoms with Gasteiger partial charge in [0.25, 0.3) is 0 Å². The van der Waals surface area contributed by atoms with Gasteiger partial charge in [0.05, 0.1) is 12.8 Å². The summed E-state index contributed by atoms with van der Waals surface area (Å²) in [6.45, 7) is 0.225. The van der Waals surface area contributed by atoms with Crippen LogP contribution in [0.15, 0.2) is 53.0 Å². The number of methoxy groups -OCH3 is 1. The van der Waals surface area contributed by atoms with Gasteiger partial charge in [-0.2, -0.15) is 0 Å². The topological polar surface area (TPSA) is 47.6 Å². The van der Waals surface area contributed by atoms with Crippen LogP contribution in [0.4, 0.5) is 10.5 Å². The number of hydrogen-bond acceptors (Lipinski definition) is 3. The van der Waals surface area contributed by atoms with Crippen LogP contribution < -0.4 is 10.1 Å². The molecule has 0 bridgehead atoms. The highest BCUT2D eigenvalue weighted by molar-refractivity contribution is 9.10. The van der Waals surface area contributed by atoms with Gasteiger partial charge in [-0.25, -0.2) is 4.79 Å². The predicted octanol–water partition coefficient (Wildman–Crippen LogP) is 4.21. The number of anilines is 1. The van der Waals surface area contributed by atoms with E-state index in [1.165, 1.54) is 0 Å². The highest BCUT2D eigenvalue weighted by atomic mass is 79.9. The fourth-order valence-electron chi connectivity index (χ4n) is 1.65. The van der Waals surface area contributed by atoms with Crippen LogP contribution >= 0.6 is 15.9 Å². The number of nitrogens with one attached hydrogen (secondary N) is 1. The Kier molecular flexibility index (Phi) is 5.01. The summed E-state index contributed by atoms with van der Waals surface area (Å²) in [5.74, 6) is 0.574. The lowest BCUT2D eigenvalue weighted by Gasteiger charge is -2.11. The molecule has 5 heteroatoms. The third-order valence-electron chi connectivity index (χ3n) is 2.61. The summed E-state index contributed by atoms with van der Waals surface area (Å²) in [4.78, 5) is 11.8. The van der Waals surface area contributed by atoms with Gasteiger partial charge in [0.2, 0.25) is 0 Å². The van der Waals surface area contributed by atoms with Crippen LogP contribution in [0.5, 0.6) is 5.75 Å². The quantitative estimate of drug-likeness (QED) is 0.910. The highest BCUT2D eigenvalue weighted by Crippen LogP contribution is 2.27. The van der Waals surface area contributed by atoms with Gasteiger partial charge in [-0.15, -0.1) is 0 Å². The molecule has 4 nitrogen and oxygen atoms in total. The molecule has 0 aliphatic heterocycles. The summed E-state index contributed by atoms with van der Waals surface area (Å²) in [7, 11) is 1.55. The van der Waals surface area contributed by atoms with Crippen molar-refractivity contribution in [3.8, 4) is 5.75 Å². The molecule has 104 valence electrons. The SMILES string of the molecule is COc1ccc(Br)cc1NC(=O)OCc1ccccc1. The molecule has 0 unspecified atom stereocenters. The van der Waals surface area contributed by atoms with E-state index in [9.17, 15) is 4.79 Å². The third-order valence-corrected chi connectivity index (χ3v) is 3.10. The zero-order valence-electron chi connectivity index (χ0n) is 10.9. The number of benzene rings is 2. The molecule has 0 radical (unpaired) electrons. The molecule has 0 atom stereocenters. The van der Waals surface area contributed by atoms with Crippen molar-refractivity contribution in [3.05, 3.63) is 58.6 Å². The van der Waals surface area contributed by atoms with E-state index in [0.717, 1.165) is 10.0 Å². The van der Waals surface area contributed by atoms with Crippen LogP contribution in [0.3, 0.4) is 0 Å². The molecule has 0 aliphatic rings. The lowest BCUT2D eigenvalue weighted by atomic mass is 10.2. The lowest BCUT2D eigenvalue weighted by molar-refractivity contribution is 0.155. The van der Waals surface area contributed by atoms with Crippen LogP contribution in [0.25, 0.3) is 0 Å². The fourth-order valence-corrected chi connectivity index (χ4v) is 2.01. The Morgan fingerprint density at radius 1 is 1.20 bits per heavy atom. The molecule has 0 saturated heterocycles. The van der Waals surface area contributed by atoms with E-state index in [2.05, 4.69) is 21.2 Å². The van der Waals surface area contributed by atoms with E-state index in [-0.39, 0.29) is 6.61 Å². The lowest BCUT2D eigenvalue weighted by Crippen LogP contribution is -2.14. The molecule has 1 N–H and O–H groups in total. The Hall–Kier alpha value is -2.01. The first-order chi connectivity index (χ1) is 9.69. The second kappa shape index (κ2) is 6.96. The van der Waals surface area contributed by atoms with Crippen molar-refractivity contribution < 1.29 is 14.3 Å². The first kappa shape index (κ1) is 14.4. The zero-order chi connectivity index (χ0) is 14.4. The molecule has 0 aliphatic carbocycles. The second-order valence-electron chi connectivity index (χ2n) is 4.03. The average Bonchev–Trinajstić information content (AvgIpc) is 2.46. The van der Waals surface area contributed by atoms with Crippen molar-refractivity contribution in [2.75, 3.05) is 12.4 Å². The molecule has 20 heavy (non-hydrogen) atoms. The molecule has 2 aromatic carbocycles. The van der Waals surface area contributed by atoms with Crippen molar-refractivity contribution in [1.29, 1.82) is 0 Å². The van der Waals surface area contributed by atoms with Crippen LogP contribution in [-0.2, 0) is 11.3 Å². The van der Waals surface area contributed by atoms with Gasteiger partial charge in [-0.1, -0.05) is 46.3 Å². The zero-order valence-corrected chi connectivity index (χ0v) is 12.5. The Morgan fingerprint density at radius 2 is 1.95 bits per heavy atom. The van der Waals surface area contributed by atoms with Gasteiger partial charge in [-0.05, 0) is 23.8 Å². The van der Waals surface area contributed by atoms with Crippen LogP contribution in [0.1, 0.15) is 5.56 Å². The number of amides is 1. The average molecular weight is 336 g/mol. The molecule has 1 amide bonds. The van der Waals surface area contributed by atoms with Crippen LogP contribution in [0.2, 0.25) is 0 Å². The monoisotopic (exact) mass is 335 g/mol. The van der Waals surface area contributed by atoms with Crippen LogP contribution in [0, 0.1) is 0 Å². The molecule has 0 saturated carbocycles. The van der Waals surface area contributed by atoms with E-state index < -0.39 is 6.09 Å². The van der Waals surface area contributed by atoms with Gasteiger partial charge in [0, 0.05) is 4.47 Å². The summed E-state index contributed by atoms with van der Waals surface area (Å²) in [6.07, 6.45) is -0.523. The number of rotatable bonds is 4. The Bertz CT molecular complexity index is 587. The minimum Gasteiger partial charge on any atom is -0.495 e.